The van der Waals surface area contributed by atoms with Crippen molar-refractivity contribution >= 4 is 0 Å². The molecule has 0 spiro atoms. The Morgan fingerprint density at radius 3 is 2.60 bits per heavy atom. The Morgan fingerprint density at radius 1 is 1.20 bits per heavy atom. The van der Waals surface area contributed by atoms with Crippen molar-refractivity contribution in [1.29, 1.82) is 0 Å². The molecule has 1 heteroatoms. The van der Waals surface area contributed by atoms with Crippen LogP contribution >= 0.6 is 0 Å². The van der Waals surface area contributed by atoms with Crippen molar-refractivity contribution in [3.63, 3.8) is 0 Å². The maximum absolute atomic E-state index is 3.74. The predicted octanol–water partition coefficient (Wildman–Crippen LogP) is 2.16. The lowest BCUT2D eigenvalue weighted by atomic mass is 10.2. The van der Waals surface area contributed by atoms with Gasteiger partial charge in [0.05, 0.1) is 0 Å². The van der Waals surface area contributed by atoms with Crippen LogP contribution in [0.1, 0.15) is 25.7 Å². The van der Waals surface area contributed by atoms with Crippen LogP contribution in [0.15, 0.2) is 12.7 Å². The van der Waals surface area contributed by atoms with Gasteiger partial charge in [0.2, 0.25) is 0 Å². The van der Waals surface area contributed by atoms with Gasteiger partial charge in [0.1, 0.15) is 0 Å². The molecular weight excluding hydrogens is 122 g/mol. The van der Waals surface area contributed by atoms with Crippen LogP contribution in [0.4, 0.5) is 0 Å². The summed E-state index contributed by atoms with van der Waals surface area (Å²) in [5.41, 5.74) is 0. The first kappa shape index (κ1) is 9.70. The lowest BCUT2D eigenvalue weighted by molar-refractivity contribution is 0.630. The SMILES string of the molecule is [CH2]CCNCCCCC=C. The number of hydrogen-bond donors (Lipinski definition) is 1. The first-order valence-electron chi connectivity index (χ1n) is 4.02. The highest BCUT2D eigenvalue weighted by Crippen LogP contribution is 1.93. The molecule has 0 amide bonds. The van der Waals surface area contributed by atoms with Crippen LogP contribution in [-0.4, -0.2) is 13.1 Å². The summed E-state index contributed by atoms with van der Waals surface area (Å²) in [6.07, 6.45) is 6.62. The summed E-state index contributed by atoms with van der Waals surface area (Å²) in [5.74, 6) is 0. The summed E-state index contributed by atoms with van der Waals surface area (Å²) in [7, 11) is 0. The van der Waals surface area contributed by atoms with E-state index in [0.717, 1.165) is 25.9 Å². The third kappa shape index (κ3) is 7.70. The molecule has 0 rings (SSSR count). The standard InChI is InChI=1S/C9H18N/c1-3-5-6-7-9-10-8-4-2/h3,10H,1-2,4-9H2. The van der Waals surface area contributed by atoms with E-state index in [2.05, 4.69) is 18.8 Å². The largest absolute Gasteiger partial charge is 0.317 e. The Kier molecular flexibility index (Phi) is 8.44. The molecule has 0 aliphatic carbocycles. The molecule has 0 aliphatic rings. The minimum Gasteiger partial charge on any atom is -0.317 e. The third-order valence-electron chi connectivity index (χ3n) is 1.37. The topological polar surface area (TPSA) is 12.0 Å². The Bertz CT molecular complexity index is 69.1. The van der Waals surface area contributed by atoms with E-state index < -0.39 is 0 Å². The van der Waals surface area contributed by atoms with E-state index in [1.165, 1.54) is 12.8 Å². The van der Waals surface area contributed by atoms with Crippen molar-refractivity contribution in [3.8, 4) is 0 Å². The minimum absolute atomic E-state index is 0.988. The Balaban J connectivity index is 2.70. The monoisotopic (exact) mass is 140 g/mol. The highest BCUT2D eigenvalue weighted by molar-refractivity contribution is 4.65. The molecule has 0 bridgehead atoms. The predicted molar refractivity (Wildman–Crippen MR) is 46.9 cm³/mol. The zero-order chi connectivity index (χ0) is 7.66. The molecule has 0 atom stereocenters. The van der Waals surface area contributed by atoms with E-state index in [1.807, 2.05) is 6.08 Å². The highest BCUT2D eigenvalue weighted by atomic mass is 14.8. The van der Waals surface area contributed by atoms with E-state index >= 15 is 0 Å². The summed E-state index contributed by atoms with van der Waals surface area (Å²) in [6, 6.07) is 0. The van der Waals surface area contributed by atoms with Gasteiger partial charge in [-0.15, -0.1) is 6.58 Å². The molecular formula is C9H18N. The second-order valence-electron chi connectivity index (χ2n) is 2.39. The Labute approximate surface area is 64.5 Å². The van der Waals surface area contributed by atoms with Crippen LogP contribution in [0, 0.1) is 6.92 Å². The van der Waals surface area contributed by atoms with E-state index in [4.69, 9.17) is 0 Å². The average molecular weight is 140 g/mol. The van der Waals surface area contributed by atoms with Crippen molar-refractivity contribution < 1.29 is 0 Å². The number of allylic oxidation sites excluding steroid dienone is 1. The third-order valence-corrected chi connectivity index (χ3v) is 1.37. The normalized spacial score (nSPS) is 9.70. The van der Waals surface area contributed by atoms with E-state index in [0.29, 0.717) is 0 Å². The number of rotatable bonds is 7. The Hall–Kier alpha value is -0.300. The zero-order valence-corrected chi connectivity index (χ0v) is 6.73. The Morgan fingerprint density at radius 2 is 2.00 bits per heavy atom. The second-order valence-corrected chi connectivity index (χ2v) is 2.39. The summed E-state index contributed by atoms with van der Waals surface area (Å²) in [4.78, 5) is 0. The van der Waals surface area contributed by atoms with Gasteiger partial charge in [-0.3, -0.25) is 0 Å². The van der Waals surface area contributed by atoms with Gasteiger partial charge < -0.3 is 5.32 Å². The van der Waals surface area contributed by atoms with Crippen molar-refractivity contribution in [1.82, 2.24) is 5.32 Å². The molecule has 0 saturated carbocycles. The van der Waals surface area contributed by atoms with Crippen molar-refractivity contribution in [2.75, 3.05) is 13.1 Å². The number of hydrogen-bond acceptors (Lipinski definition) is 1. The van der Waals surface area contributed by atoms with Crippen LogP contribution < -0.4 is 5.32 Å². The van der Waals surface area contributed by atoms with Gasteiger partial charge in [-0.2, -0.15) is 0 Å². The molecule has 0 aromatic rings. The zero-order valence-electron chi connectivity index (χ0n) is 6.73. The van der Waals surface area contributed by atoms with Crippen LogP contribution in [0.5, 0.6) is 0 Å². The van der Waals surface area contributed by atoms with E-state index in [1.54, 1.807) is 0 Å². The van der Waals surface area contributed by atoms with Gasteiger partial charge in [0, 0.05) is 0 Å². The number of unbranched alkanes of at least 4 members (excludes halogenated alkanes) is 2. The van der Waals surface area contributed by atoms with Gasteiger partial charge in [-0.25, -0.2) is 0 Å². The molecule has 0 unspecified atom stereocenters. The lowest BCUT2D eigenvalue weighted by Gasteiger charge is -1.99. The van der Waals surface area contributed by atoms with Gasteiger partial charge in [-0.1, -0.05) is 13.0 Å². The van der Waals surface area contributed by atoms with Gasteiger partial charge >= 0.3 is 0 Å². The fraction of sp³-hybridized carbons (Fsp3) is 0.667. The van der Waals surface area contributed by atoms with Crippen molar-refractivity contribution in [2.45, 2.75) is 25.7 Å². The van der Waals surface area contributed by atoms with Crippen LogP contribution in [0.2, 0.25) is 0 Å². The fourth-order valence-electron chi connectivity index (χ4n) is 0.789. The quantitative estimate of drug-likeness (QED) is 0.422. The molecule has 0 aromatic heterocycles. The van der Waals surface area contributed by atoms with E-state index in [9.17, 15) is 0 Å². The molecule has 0 fully saturated rings. The van der Waals surface area contributed by atoms with Crippen LogP contribution in [0.3, 0.4) is 0 Å². The summed E-state index contributed by atoms with van der Waals surface area (Å²) in [6.45, 7) is 9.58. The smallest absolute Gasteiger partial charge is 0.00488 e. The maximum Gasteiger partial charge on any atom is -0.00488 e. The molecule has 10 heavy (non-hydrogen) atoms. The molecule has 0 aliphatic heterocycles. The molecule has 59 valence electrons. The van der Waals surface area contributed by atoms with Gasteiger partial charge in [0.15, 0.2) is 0 Å². The van der Waals surface area contributed by atoms with Gasteiger partial charge in [0.25, 0.3) is 0 Å². The molecule has 0 aromatic carbocycles. The lowest BCUT2D eigenvalue weighted by Crippen LogP contribution is -2.15. The number of nitrogens with one attached hydrogen (secondary N) is 1. The first-order chi connectivity index (χ1) is 4.91. The second kappa shape index (κ2) is 8.70. The van der Waals surface area contributed by atoms with E-state index in [-0.39, 0.29) is 0 Å². The van der Waals surface area contributed by atoms with Gasteiger partial charge in [-0.05, 0) is 38.8 Å². The summed E-state index contributed by atoms with van der Waals surface area (Å²) >= 11 is 0. The average Bonchev–Trinajstić information content (AvgIpc) is 1.97. The first-order valence-corrected chi connectivity index (χ1v) is 4.02. The highest BCUT2D eigenvalue weighted by Gasteiger charge is 1.84. The molecule has 1 nitrogen and oxygen atoms in total. The summed E-state index contributed by atoms with van der Waals surface area (Å²) < 4.78 is 0. The molecule has 1 radical (unpaired) electrons. The fourth-order valence-corrected chi connectivity index (χ4v) is 0.789. The molecule has 0 saturated heterocycles. The van der Waals surface area contributed by atoms with Crippen molar-refractivity contribution in [3.05, 3.63) is 19.6 Å². The maximum atomic E-state index is 3.74. The molecule has 0 heterocycles. The van der Waals surface area contributed by atoms with Crippen LogP contribution in [0.25, 0.3) is 0 Å². The minimum atomic E-state index is 0.988. The molecule has 1 N–H and O–H groups in total. The van der Waals surface area contributed by atoms with Crippen LogP contribution in [-0.2, 0) is 0 Å². The van der Waals surface area contributed by atoms with Crippen molar-refractivity contribution in [2.24, 2.45) is 0 Å². The summed E-state index contributed by atoms with van der Waals surface area (Å²) in [5, 5.41) is 3.30.